The Morgan fingerprint density at radius 2 is 2.00 bits per heavy atom. The topological polar surface area (TPSA) is 57.8 Å². The molecule has 0 saturated heterocycles. The van der Waals surface area contributed by atoms with Crippen molar-refractivity contribution in [3.63, 3.8) is 0 Å². The summed E-state index contributed by atoms with van der Waals surface area (Å²) in [6.07, 6.45) is 4.94. The van der Waals surface area contributed by atoms with Gasteiger partial charge < -0.3 is 5.32 Å². The Morgan fingerprint density at radius 1 is 1.19 bits per heavy atom. The van der Waals surface area contributed by atoms with Gasteiger partial charge in [0.25, 0.3) is 0 Å². The van der Waals surface area contributed by atoms with Crippen molar-refractivity contribution in [2.75, 3.05) is 5.32 Å². The zero-order chi connectivity index (χ0) is 14.7. The smallest absolute Gasteiger partial charge is 0.248 e. The molecular formula is C16H12ClN3O. The largest absolute Gasteiger partial charge is 0.322 e. The maximum absolute atomic E-state index is 11.9. The molecule has 21 heavy (non-hydrogen) atoms. The van der Waals surface area contributed by atoms with Crippen LogP contribution in [0.3, 0.4) is 0 Å². The van der Waals surface area contributed by atoms with Gasteiger partial charge in [-0.2, -0.15) is 5.10 Å². The fourth-order valence-corrected chi connectivity index (χ4v) is 2.08. The van der Waals surface area contributed by atoms with E-state index >= 15 is 0 Å². The number of hydrogen-bond acceptors (Lipinski definition) is 2. The molecular weight excluding hydrogens is 286 g/mol. The van der Waals surface area contributed by atoms with Crippen molar-refractivity contribution in [3.8, 4) is 0 Å². The average molecular weight is 298 g/mol. The first kappa shape index (κ1) is 13.4. The summed E-state index contributed by atoms with van der Waals surface area (Å²) >= 11 is 5.81. The van der Waals surface area contributed by atoms with Crippen molar-refractivity contribution in [2.45, 2.75) is 0 Å². The van der Waals surface area contributed by atoms with Crippen LogP contribution in [0.15, 0.2) is 54.7 Å². The average Bonchev–Trinajstić information content (AvgIpc) is 2.94. The second-order valence-electron chi connectivity index (χ2n) is 4.55. The second kappa shape index (κ2) is 5.81. The molecule has 0 saturated carbocycles. The lowest BCUT2D eigenvalue weighted by Crippen LogP contribution is -2.07. The lowest BCUT2D eigenvalue weighted by Gasteiger charge is -2.02. The highest BCUT2D eigenvalue weighted by molar-refractivity contribution is 6.30. The Bertz CT molecular complexity index is 806. The van der Waals surface area contributed by atoms with Crippen LogP contribution in [-0.2, 0) is 4.79 Å². The number of rotatable bonds is 3. The van der Waals surface area contributed by atoms with Crippen molar-refractivity contribution in [2.24, 2.45) is 0 Å². The third-order valence-corrected chi connectivity index (χ3v) is 3.26. The number of nitrogens with one attached hydrogen (secondary N) is 2. The highest BCUT2D eigenvalue weighted by Crippen LogP contribution is 2.17. The van der Waals surface area contributed by atoms with E-state index in [1.54, 1.807) is 24.4 Å². The van der Waals surface area contributed by atoms with E-state index in [1.807, 2.05) is 30.3 Å². The monoisotopic (exact) mass is 297 g/mol. The number of H-pyrrole nitrogens is 1. The van der Waals surface area contributed by atoms with E-state index in [2.05, 4.69) is 15.5 Å². The van der Waals surface area contributed by atoms with Gasteiger partial charge in [-0.05, 0) is 42.0 Å². The summed E-state index contributed by atoms with van der Waals surface area (Å²) in [7, 11) is 0. The summed E-state index contributed by atoms with van der Waals surface area (Å²) in [5.74, 6) is -0.187. The number of benzene rings is 2. The lowest BCUT2D eigenvalue weighted by atomic mass is 10.2. The van der Waals surface area contributed by atoms with E-state index in [9.17, 15) is 4.79 Å². The van der Waals surface area contributed by atoms with Crippen molar-refractivity contribution in [1.82, 2.24) is 10.2 Å². The molecule has 3 rings (SSSR count). The number of aromatic amines is 1. The van der Waals surface area contributed by atoms with Gasteiger partial charge in [0.1, 0.15) is 0 Å². The van der Waals surface area contributed by atoms with Crippen molar-refractivity contribution in [1.29, 1.82) is 0 Å². The molecule has 104 valence electrons. The van der Waals surface area contributed by atoms with E-state index in [1.165, 1.54) is 6.08 Å². The highest BCUT2D eigenvalue weighted by atomic mass is 35.5. The number of amides is 1. The van der Waals surface area contributed by atoms with Gasteiger partial charge in [0.2, 0.25) is 5.91 Å². The van der Waals surface area contributed by atoms with E-state index < -0.39 is 0 Å². The van der Waals surface area contributed by atoms with Crippen LogP contribution in [0.2, 0.25) is 5.02 Å². The SMILES string of the molecule is O=C(C=Cc1ccc(Cl)cc1)Nc1ccc2[nH]ncc2c1. The molecule has 2 aromatic carbocycles. The van der Waals surface area contributed by atoms with Crippen molar-refractivity contribution in [3.05, 3.63) is 65.3 Å². The number of anilines is 1. The Labute approximate surface area is 126 Å². The first-order valence-corrected chi connectivity index (χ1v) is 6.76. The van der Waals surface area contributed by atoms with E-state index in [4.69, 9.17) is 11.6 Å². The van der Waals surface area contributed by atoms with Crippen molar-refractivity contribution < 1.29 is 4.79 Å². The highest BCUT2D eigenvalue weighted by Gasteiger charge is 2.01. The molecule has 1 amide bonds. The predicted octanol–water partition coefficient (Wildman–Crippen LogP) is 3.87. The molecule has 0 bridgehead atoms. The maximum atomic E-state index is 11.9. The number of fused-ring (bicyclic) bond motifs is 1. The van der Waals surface area contributed by atoms with Crippen LogP contribution in [0.25, 0.3) is 17.0 Å². The van der Waals surface area contributed by atoms with Crippen LogP contribution in [0.5, 0.6) is 0 Å². The molecule has 4 nitrogen and oxygen atoms in total. The van der Waals surface area contributed by atoms with Crippen LogP contribution in [0.4, 0.5) is 5.69 Å². The normalized spacial score (nSPS) is 11.1. The van der Waals surface area contributed by atoms with Gasteiger partial charge in [-0.1, -0.05) is 23.7 Å². The molecule has 0 atom stereocenters. The molecule has 0 aliphatic rings. The zero-order valence-electron chi connectivity index (χ0n) is 11.0. The molecule has 1 heterocycles. The Hall–Kier alpha value is -2.59. The number of nitrogens with zero attached hydrogens (tertiary/aromatic N) is 1. The molecule has 2 N–H and O–H groups in total. The van der Waals surface area contributed by atoms with Gasteiger partial charge in [0.15, 0.2) is 0 Å². The molecule has 0 aliphatic heterocycles. The summed E-state index contributed by atoms with van der Waals surface area (Å²) in [4.78, 5) is 11.9. The Kier molecular flexibility index (Phi) is 3.71. The number of halogens is 1. The summed E-state index contributed by atoms with van der Waals surface area (Å²) < 4.78 is 0. The minimum absolute atomic E-state index is 0.187. The van der Waals surface area contributed by atoms with E-state index in [0.29, 0.717) is 5.02 Å². The maximum Gasteiger partial charge on any atom is 0.248 e. The summed E-state index contributed by atoms with van der Waals surface area (Å²) in [6.45, 7) is 0. The molecule has 3 aromatic rings. The molecule has 1 aromatic heterocycles. The molecule has 0 radical (unpaired) electrons. The third kappa shape index (κ3) is 3.30. The zero-order valence-corrected chi connectivity index (χ0v) is 11.8. The van der Waals surface area contributed by atoms with Crippen LogP contribution in [0.1, 0.15) is 5.56 Å². The number of hydrogen-bond donors (Lipinski definition) is 2. The van der Waals surface area contributed by atoms with Gasteiger partial charge in [0, 0.05) is 22.2 Å². The van der Waals surface area contributed by atoms with Gasteiger partial charge in [-0.15, -0.1) is 0 Å². The van der Waals surface area contributed by atoms with Gasteiger partial charge >= 0.3 is 0 Å². The van der Waals surface area contributed by atoms with Gasteiger partial charge in [0.05, 0.1) is 11.7 Å². The fourth-order valence-electron chi connectivity index (χ4n) is 1.95. The quantitative estimate of drug-likeness (QED) is 0.721. The minimum Gasteiger partial charge on any atom is -0.322 e. The number of aromatic nitrogens is 2. The molecule has 0 spiro atoms. The predicted molar refractivity (Wildman–Crippen MR) is 85.2 cm³/mol. The number of carbonyl (C=O) groups excluding carboxylic acids is 1. The molecule has 0 aliphatic carbocycles. The molecule has 0 fully saturated rings. The fraction of sp³-hybridized carbons (Fsp3) is 0. The van der Waals surface area contributed by atoms with Gasteiger partial charge in [-0.3, -0.25) is 9.89 Å². The molecule has 0 unspecified atom stereocenters. The first-order valence-electron chi connectivity index (χ1n) is 6.38. The Balaban J connectivity index is 1.69. The second-order valence-corrected chi connectivity index (χ2v) is 4.98. The standard InChI is InChI=1S/C16H12ClN3O/c17-13-4-1-11(2-5-13)3-8-16(21)19-14-6-7-15-12(9-14)10-18-20-15/h1-10H,(H,18,20)(H,19,21). The van der Waals surface area contributed by atoms with Crippen LogP contribution < -0.4 is 5.32 Å². The third-order valence-electron chi connectivity index (χ3n) is 3.00. The summed E-state index contributed by atoms with van der Waals surface area (Å²) in [5.41, 5.74) is 2.58. The summed E-state index contributed by atoms with van der Waals surface area (Å²) in [5, 5.41) is 11.2. The van der Waals surface area contributed by atoms with E-state index in [0.717, 1.165) is 22.2 Å². The first-order chi connectivity index (χ1) is 10.2. The van der Waals surface area contributed by atoms with E-state index in [-0.39, 0.29) is 5.91 Å². The van der Waals surface area contributed by atoms with Crippen molar-refractivity contribution >= 4 is 40.2 Å². The lowest BCUT2D eigenvalue weighted by molar-refractivity contribution is -0.111. The number of carbonyl (C=O) groups is 1. The minimum atomic E-state index is -0.187. The molecule has 5 heteroatoms. The Morgan fingerprint density at radius 3 is 2.81 bits per heavy atom. The van der Waals surface area contributed by atoms with Crippen LogP contribution >= 0.6 is 11.6 Å². The van der Waals surface area contributed by atoms with Crippen LogP contribution in [0, 0.1) is 0 Å². The van der Waals surface area contributed by atoms with Crippen LogP contribution in [-0.4, -0.2) is 16.1 Å². The summed E-state index contributed by atoms with van der Waals surface area (Å²) in [6, 6.07) is 12.8. The van der Waals surface area contributed by atoms with Gasteiger partial charge in [-0.25, -0.2) is 0 Å².